The van der Waals surface area contributed by atoms with Crippen LogP contribution in [0.1, 0.15) is 81.7 Å². The monoisotopic (exact) mass is 1250 g/mol. The molecule has 3 aromatic carbocycles. The van der Waals surface area contributed by atoms with E-state index in [-0.39, 0.29) is 61.6 Å². The number of hydrogen-bond acceptors (Lipinski definition) is 15. The summed E-state index contributed by atoms with van der Waals surface area (Å²) in [4.78, 5) is 66.1. The molecule has 3 aromatic heterocycles. The van der Waals surface area contributed by atoms with E-state index in [1.807, 2.05) is 55.5 Å². The van der Waals surface area contributed by atoms with Crippen molar-refractivity contribution in [2.45, 2.75) is 58.3 Å². The van der Waals surface area contributed by atoms with Crippen molar-refractivity contribution in [2.75, 3.05) is 85.3 Å². The molecule has 454 valence electrons. The highest BCUT2D eigenvalue weighted by Crippen LogP contribution is 2.35. The molecule has 1 saturated heterocycles. The van der Waals surface area contributed by atoms with Crippen molar-refractivity contribution < 1.29 is 55.6 Å². The molecule has 3 unspecified atom stereocenters. The van der Waals surface area contributed by atoms with Crippen LogP contribution in [-0.2, 0) is 48.2 Å². The van der Waals surface area contributed by atoms with Crippen molar-refractivity contribution in [2.24, 2.45) is 5.73 Å². The normalized spacial score (nSPS) is 16.3. The zero-order valence-corrected chi connectivity index (χ0v) is 52.3. The number of unbranched alkanes of at least 4 members (excludes halogenated alkanes) is 1. The molecule has 4 atom stereocenters. The van der Waals surface area contributed by atoms with E-state index in [4.69, 9.17) is 34.7 Å². The number of benzene rings is 3. The van der Waals surface area contributed by atoms with Crippen LogP contribution in [0.2, 0.25) is 0 Å². The number of carbonyl (C=O) groups excluding carboxylic acids is 1. The van der Waals surface area contributed by atoms with Crippen LogP contribution in [0.15, 0.2) is 109 Å². The smallest absolute Gasteiger partial charge is 0.264 e. The van der Waals surface area contributed by atoms with Crippen molar-refractivity contribution in [1.82, 2.24) is 35.0 Å². The Labute approximate surface area is 504 Å². The fourth-order valence-electron chi connectivity index (χ4n) is 9.20. The Morgan fingerprint density at radius 2 is 1.05 bits per heavy atom. The summed E-state index contributed by atoms with van der Waals surface area (Å²) in [6.45, 7) is 9.15. The Morgan fingerprint density at radius 1 is 0.616 bits per heavy atom. The Hall–Kier alpha value is -6.82. The van der Waals surface area contributed by atoms with Gasteiger partial charge in [0, 0.05) is 118 Å². The summed E-state index contributed by atoms with van der Waals surface area (Å²) in [6.07, 6.45) is 2.28. The highest BCUT2D eigenvalue weighted by atomic mass is 32.2. The third-order valence-electron chi connectivity index (χ3n) is 13.7. The first kappa shape index (κ1) is 66.7. The van der Waals surface area contributed by atoms with E-state index in [1.165, 1.54) is 26.1 Å². The van der Waals surface area contributed by atoms with Crippen LogP contribution in [0.5, 0.6) is 11.5 Å². The largest absolute Gasteiger partial charge is 0.497 e. The van der Waals surface area contributed by atoms with Crippen LogP contribution in [0.4, 0.5) is 0 Å². The molecular formula is C62H73N8O12P3S. The molecule has 0 radical (unpaired) electrons. The maximum atomic E-state index is 13.5. The first-order valence-corrected chi connectivity index (χ1v) is 35.8. The van der Waals surface area contributed by atoms with Crippen molar-refractivity contribution in [3.63, 3.8) is 0 Å². The molecular weight excluding hydrogens is 1170 g/mol. The molecule has 1 aliphatic rings. The molecule has 1 aliphatic heterocycles. The van der Waals surface area contributed by atoms with E-state index in [2.05, 4.69) is 55.5 Å². The number of pyridine rings is 3. The number of nitrogens with zero attached hydrogens (tertiary/aromatic N) is 6. The highest BCUT2D eigenvalue weighted by Gasteiger charge is 2.29. The average Bonchev–Trinajstić information content (AvgIpc) is 2.46. The SMILES string of the molecule is COc1ccc(C#Cc2cc(CN3CCN(Cc4cc(C#Cc5ccc(C)cc5)cc(P(C)(=O)O)n4)C[C@H](CCCCN)N(Cc4cc(C#Cc5ccc(OCC(=O)NCCCS(=O)(=O)O)cc5)cc(P(C)(=O)O)n4)CC3)nc(P(C)(=O)O)c2)cc1. The number of rotatable bonds is 21. The van der Waals surface area contributed by atoms with Gasteiger partial charge in [-0.1, -0.05) is 59.6 Å². The van der Waals surface area contributed by atoms with E-state index in [9.17, 15) is 41.6 Å². The van der Waals surface area contributed by atoms with Crippen molar-refractivity contribution in [3.05, 3.63) is 165 Å². The van der Waals surface area contributed by atoms with Gasteiger partial charge in [-0.15, -0.1) is 0 Å². The maximum absolute atomic E-state index is 13.5. The van der Waals surface area contributed by atoms with Crippen LogP contribution in [0.25, 0.3) is 0 Å². The molecule has 20 nitrogen and oxygen atoms in total. The molecule has 1 fully saturated rings. The number of amides is 1. The number of methoxy groups -OCH3 is 1. The topological polar surface area (TPSA) is 288 Å². The van der Waals surface area contributed by atoms with Gasteiger partial charge in [0.2, 0.25) is 22.1 Å². The van der Waals surface area contributed by atoms with Gasteiger partial charge < -0.3 is 35.2 Å². The second-order valence-corrected chi connectivity index (χ2v) is 29.5. The lowest BCUT2D eigenvalue weighted by Crippen LogP contribution is -2.44. The number of aromatic nitrogens is 3. The molecule has 0 aliphatic carbocycles. The lowest BCUT2D eigenvalue weighted by Gasteiger charge is -2.35. The first-order valence-electron chi connectivity index (χ1n) is 27.8. The van der Waals surface area contributed by atoms with Crippen molar-refractivity contribution >= 4 is 54.4 Å². The van der Waals surface area contributed by atoms with Gasteiger partial charge in [0.25, 0.3) is 16.0 Å². The molecule has 7 N–H and O–H groups in total. The van der Waals surface area contributed by atoms with Crippen LogP contribution >= 0.6 is 22.1 Å². The number of aryl methyl sites for hydroxylation is 1. The van der Waals surface area contributed by atoms with Gasteiger partial charge in [0.1, 0.15) is 27.8 Å². The summed E-state index contributed by atoms with van der Waals surface area (Å²) in [6, 6.07) is 31.6. The molecule has 0 spiro atoms. The zero-order valence-electron chi connectivity index (χ0n) is 48.8. The molecule has 6 aromatic rings. The summed E-state index contributed by atoms with van der Waals surface area (Å²) in [5.74, 6) is 19.1. The third kappa shape index (κ3) is 22.2. The minimum absolute atomic E-state index is 0.0207. The minimum Gasteiger partial charge on any atom is -0.497 e. The standard InChI is InChI=1S/C62H73N8O12P3S/c1-46-10-12-47(13-11-46)14-17-51-36-54(66-61(39-51)84(4,74)75)42-69-31-30-68(41-53-35-50(38-60(65-53)83(3,72)73)18-15-48-20-24-57(81-2)25-21-48)32-33-70(56(44-69)9-6-7-28-63)43-55-37-52(40-62(67-55)85(5,76)77)19-16-49-22-26-58(27-23-49)82-45-59(71)64-29-8-34-86(78,79)80/h10-13,20-27,35-40,56H,6-9,28-34,41-45,63H2,1-5H3,(H,64,71)(H,72,73)(H,74,75)(H,76,77)(H,78,79,80)/t56-/m0/s1. The van der Waals surface area contributed by atoms with E-state index in [0.717, 1.165) is 29.5 Å². The Kier molecular flexibility index (Phi) is 23.8. The Morgan fingerprint density at radius 3 is 1.51 bits per heavy atom. The van der Waals surface area contributed by atoms with Crippen LogP contribution in [-0.4, -0.2) is 155 Å². The summed E-state index contributed by atoms with van der Waals surface area (Å²) < 4.78 is 81.9. The molecule has 24 heteroatoms. The second kappa shape index (κ2) is 30.7. The lowest BCUT2D eigenvalue weighted by atomic mass is 10.1. The van der Waals surface area contributed by atoms with E-state index in [0.29, 0.717) is 96.5 Å². The zero-order chi connectivity index (χ0) is 62.1. The van der Waals surface area contributed by atoms with Crippen LogP contribution in [0, 0.1) is 42.4 Å². The van der Waals surface area contributed by atoms with E-state index in [1.54, 1.807) is 61.7 Å². The van der Waals surface area contributed by atoms with Gasteiger partial charge in [0.15, 0.2) is 6.61 Å². The quantitative estimate of drug-likeness (QED) is 0.0238. The fourth-order valence-corrected chi connectivity index (χ4v) is 11.8. The number of nitrogens with two attached hydrogens (primary N) is 1. The highest BCUT2D eigenvalue weighted by molar-refractivity contribution is 7.85. The summed E-state index contributed by atoms with van der Waals surface area (Å²) in [5.41, 5.74) is 12.3. The molecule has 0 saturated carbocycles. The first-order chi connectivity index (χ1) is 40.8. The van der Waals surface area contributed by atoms with Crippen molar-refractivity contribution in [3.8, 4) is 47.0 Å². The second-order valence-electron chi connectivity index (χ2n) is 21.3. The van der Waals surface area contributed by atoms with Crippen LogP contribution < -0.4 is 36.8 Å². The number of carbonyl (C=O) groups is 1. The third-order valence-corrected chi connectivity index (χ3v) is 17.8. The van der Waals surface area contributed by atoms with Gasteiger partial charge >= 0.3 is 0 Å². The van der Waals surface area contributed by atoms with Gasteiger partial charge in [-0.2, -0.15) is 8.42 Å². The number of ether oxygens (including phenoxy) is 2. The average molecular weight is 1250 g/mol. The molecule has 0 bridgehead atoms. The summed E-state index contributed by atoms with van der Waals surface area (Å²) in [5, 5.41) is 2.54. The number of hydrogen-bond donors (Lipinski definition) is 6. The minimum atomic E-state index is -4.14. The van der Waals surface area contributed by atoms with Gasteiger partial charge in [-0.3, -0.25) is 37.7 Å². The predicted molar refractivity (Wildman–Crippen MR) is 335 cm³/mol. The predicted octanol–water partition coefficient (Wildman–Crippen LogP) is 5.06. The summed E-state index contributed by atoms with van der Waals surface area (Å²) >= 11 is 0. The van der Waals surface area contributed by atoms with Crippen molar-refractivity contribution in [1.29, 1.82) is 0 Å². The van der Waals surface area contributed by atoms with E-state index >= 15 is 0 Å². The number of nitrogens with one attached hydrogen (secondary N) is 1. The fraction of sp³-hybridized carbons (Fsp3) is 0.355. The molecule has 7 rings (SSSR count). The maximum Gasteiger partial charge on any atom is 0.264 e. The Balaban J connectivity index is 1.23. The lowest BCUT2D eigenvalue weighted by molar-refractivity contribution is -0.123. The molecule has 1 amide bonds. The van der Waals surface area contributed by atoms with E-state index < -0.39 is 43.9 Å². The summed E-state index contributed by atoms with van der Waals surface area (Å²) in [7, 11) is -14.2. The molecule has 86 heavy (non-hydrogen) atoms. The Bertz CT molecular complexity index is 3800. The van der Waals surface area contributed by atoms with Gasteiger partial charge in [0.05, 0.1) is 29.9 Å². The van der Waals surface area contributed by atoms with Gasteiger partial charge in [-0.05, 0) is 130 Å². The van der Waals surface area contributed by atoms with Gasteiger partial charge in [-0.25, -0.2) is 15.0 Å². The molecule has 4 heterocycles. The van der Waals surface area contributed by atoms with Crippen LogP contribution in [0.3, 0.4) is 0 Å².